The van der Waals surface area contributed by atoms with E-state index in [9.17, 15) is 27.9 Å². The van der Waals surface area contributed by atoms with Crippen LogP contribution in [0, 0.1) is 5.92 Å². The van der Waals surface area contributed by atoms with E-state index >= 15 is 0 Å². The molecule has 0 bridgehead atoms. The summed E-state index contributed by atoms with van der Waals surface area (Å²) in [6, 6.07) is 21.2. The molecule has 3 aromatic carbocycles. The van der Waals surface area contributed by atoms with Gasteiger partial charge in [0.1, 0.15) is 41.3 Å². The number of sulfonamides is 1. The third-order valence-corrected chi connectivity index (χ3v) is 11.0. The molecule has 4 aromatic rings. The quantitative estimate of drug-likeness (QED) is 0.102. The molecule has 1 aliphatic carbocycles. The fraction of sp³-hybridized carbons (Fsp3) is 0.341. The summed E-state index contributed by atoms with van der Waals surface area (Å²) in [4.78, 5) is 52.1. The minimum absolute atomic E-state index is 0.0548. The number of carbonyl (C=O) groups is 3. The standard InChI is InChI=1S/C41H46N6O9S/c1-6-26-22-41(26,38(50)46-57(52,53)29-15-11-8-12-16-29)45-36(48)34-20-28(24-47(34)37(49)33(23-42)44-39(51)56-40(2,3)4)55-35-21-31(25-13-9-7-10-14-25)43-32-19-27(54-5)17-18-30(32)35/h6-19,21,26,28,33-34H,1,20,22-24,42H2,2-5H3,(H,44,51)(H,45,48)(H,46,50)/p-1/t26-,28-,33+,34+,41-/m1/s1. The molecule has 300 valence electrons. The molecule has 1 aromatic heterocycles. The van der Waals surface area contributed by atoms with Crippen molar-refractivity contribution in [2.24, 2.45) is 16.6 Å². The largest absolute Gasteiger partial charge is 0.595 e. The Hall–Kier alpha value is -6.00. The second-order valence-corrected chi connectivity index (χ2v) is 16.5. The Kier molecular flexibility index (Phi) is 11.6. The van der Waals surface area contributed by atoms with Crippen molar-refractivity contribution in [2.45, 2.75) is 67.8 Å². The minimum atomic E-state index is -4.29. The van der Waals surface area contributed by atoms with Crippen molar-refractivity contribution < 1.29 is 42.1 Å². The maximum absolute atomic E-state index is 14.4. The fourth-order valence-electron chi connectivity index (χ4n) is 6.74. The van der Waals surface area contributed by atoms with Crippen LogP contribution in [0.25, 0.3) is 22.2 Å². The minimum Gasteiger partial charge on any atom is -0.595 e. The van der Waals surface area contributed by atoms with Gasteiger partial charge in [-0.2, -0.15) is 0 Å². The van der Waals surface area contributed by atoms with E-state index in [0.717, 1.165) is 5.56 Å². The van der Waals surface area contributed by atoms with E-state index in [2.05, 4.69) is 21.6 Å². The van der Waals surface area contributed by atoms with Gasteiger partial charge in [0.15, 0.2) is 0 Å². The number of nitrogens with one attached hydrogen (secondary N) is 2. The number of fused-ring (bicyclic) bond motifs is 1. The Morgan fingerprint density at radius 3 is 2.39 bits per heavy atom. The third-order valence-electron chi connectivity index (χ3n) is 9.69. The van der Waals surface area contributed by atoms with Crippen LogP contribution in [0.3, 0.4) is 0 Å². The number of hydrogen-bond acceptors (Lipinski definition) is 12. The van der Waals surface area contributed by atoms with Crippen LogP contribution in [0.2, 0.25) is 0 Å². The molecule has 1 aliphatic heterocycles. The molecule has 3 amide bonds. The normalized spacial score (nSPS) is 21.3. The summed E-state index contributed by atoms with van der Waals surface area (Å²) in [5, 5.41) is 16.1. The lowest BCUT2D eigenvalue weighted by Gasteiger charge is -2.31. The average molecular weight is 798 g/mol. The molecule has 2 aliphatic rings. The Morgan fingerprint density at radius 1 is 1.09 bits per heavy atom. The Morgan fingerprint density at radius 2 is 1.77 bits per heavy atom. The number of aliphatic imine (C=N–C) groups is 1. The third kappa shape index (κ3) is 9.02. The molecule has 0 unspecified atom stereocenters. The van der Waals surface area contributed by atoms with E-state index in [1.54, 1.807) is 58.2 Å². The molecular weight excluding hydrogens is 753 g/mol. The van der Waals surface area contributed by atoms with Gasteiger partial charge < -0.3 is 35.3 Å². The number of carbonyl (C=O) groups excluding carboxylic acids is 3. The lowest BCUT2D eigenvalue weighted by atomic mass is 10.1. The zero-order valence-electron chi connectivity index (χ0n) is 32.0. The summed E-state index contributed by atoms with van der Waals surface area (Å²) in [5.41, 5.74) is 5.40. The van der Waals surface area contributed by atoms with E-state index < -0.39 is 69.1 Å². The number of aromatic nitrogens is 1. The number of hydrogen-bond donors (Lipinski definition) is 3. The molecule has 4 N–H and O–H groups in total. The van der Waals surface area contributed by atoms with Crippen LogP contribution < -0.4 is 30.4 Å². The van der Waals surface area contributed by atoms with Crippen LogP contribution in [0.5, 0.6) is 11.5 Å². The highest BCUT2D eigenvalue weighted by Crippen LogP contribution is 2.45. The Balaban J connectivity index is 1.33. The van der Waals surface area contributed by atoms with Crippen molar-refractivity contribution in [1.29, 1.82) is 0 Å². The molecule has 6 rings (SSSR count). The van der Waals surface area contributed by atoms with E-state index in [1.807, 2.05) is 30.3 Å². The van der Waals surface area contributed by atoms with Crippen molar-refractivity contribution in [1.82, 2.24) is 19.9 Å². The molecule has 1 saturated carbocycles. The first kappa shape index (κ1) is 40.7. The lowest BCUT2D eigenvalue weighted by Crippen LogP contribution is -2.57. The molecule has 5 atom stereocenters. The number of nitrogens with zero attached hydrogens (tertiary/aromatic N) is 3. The smallest absolute Gasteiger partial charge is 0.264 e. The zero-order valence-corrected chi connectivity index (χ0v) is 32.8. The van der Waals surface area contributed by atoms with Gasteiger partial charge in [0, 0.05) is 47.6 Å². The van der Waals surface area contributed by atoms with Crippen LogP contribution in [0.4, 0.5) is 0 Å². The van der Waals surface area contributed by atoms with Gasteiger partial charge in [-0.15, -0.1) is 6.58 Å². The number of amides is 3. The molecule has 1 saturated heterocycles. The van der Waals surface area contributed by atoms with Crippen molar-refractivity contribution in [2.75, 3.05) is 20.2 Å². The highest BCUT2D eigenvalue weighted by Gasteiger charge is 2.61. The summed E-state index contributed by atoms with van der Waals surface area (Å²) in [5.74, 6) is -2.07. The summed E-state index contributed by atoms with van der Waals surface area (Å²) in [6.45, 7) is 8.20. The second-order valence-electron chi connectivity index (χ2n) is 14.9. The number of methoxy groups -OCH3 is 1. The summed E-state index contributed by atoms with van der Waals surface area (Å²) in [6.07, 6.45) is -0.336. The van der Waals surface area contributed by atoms with Gasteiger partial charge in [0.05, 0.1) is 29.8 Å². The van der Waals surface area contributed by atoms with Gasteiger partial charge in [0.25, 0.3) is 15.9 Å². The van der Waals surface area contributed by atoms with Crippen LogP contribution in [0.15, 0.2) is 107 Å². The van der Waals surface area contributed by atoms with Crippen molar-refractivity contribution >= 4 is 44.7 Å². The Bertz CT molecular complexity index is 2300. The fourth-order valence-corrected chi connectivity index (χ4v) is 7.80. The SMILES string of the molecule is C=C[C@@H]1C[C@]1(NC(=O)[C@@H]1C[C@@H](Oc2cc(-c3ccccc3)nc3cc(OC)ccc23)CN1C(=O)[C@H](CN)N=C([O-])OC(C)(C)C)C(=O)NS(=O)(=O)c1ccccc1. The molecule has 57 heavy (non-hydrogen) atoms. The molecule has 16 heteroatoms. The first-order valence-electron chi connectivity index (χ1n) is 18.3. The van der Waals surface area contributed by atoms with Crippen molar-refractivity contribution in [3.8, 4) is 22.8 Å². The van der Waals surface area contributed by atoms with Crippen LogP contribution in [-0.2, 0) is 29.1 Å². The van der Waals surface area contributed by atoms with Gasteiger partial charge in [-0.3, -0.25) is 19.4 Å². The first-order valence-corrected chi connectivity index (χ1v) is 19.8. The molecule has 0 radical (unpaired) electrons. The molecule has 2 heterocycles. The summed E-state index contributed by atoms with van der Waals surface area (Å²) < 4.78 is 45.7. The van der Waals surface area contributed by atoms with E-state index in [-0.39, 0.29) is 30.8 Å². The number of likely N-dealkylation sites (tertiary alicyclic amines) is 1. The highest BCUT2D eigenvalue weighted by molar-refractivity contribution is 7.90. The number of nitrogens with two attached hydrogens (primary N) is 1. The predicted molar refractivity (Wildman–Crippen MR) is 210 cm³/mol. The predicted octanol–water partition coefficient (Wildman–Crippen LogP) is 2.68. The molecule has 0 spiro atoms. The van der Waals surface area contributed by atoms with Gasteiger partial charge in [0.2, 0.25) is 11.8 Å². The monoisotopic (exact) mass is 797 g/mol. The first-order chi connectivity index (χ1) is 27.1. The number of rotatable bonds is 13. The number of benzene rings is 3. The van der Waals surface area contributed by atoms with E-state index in [0.29, 0.717) is 28.1 Å². The van der Waals surface area contributed by atoms with Gasteiger partial charge in [-0.1, -0.05) is 75.4 Å². The lowest BCUT2D eigenvalue weighted by molar-refractivity contribution is -0.261. The number of ether oxygens (including phenoxy) is 3. The second kappa shape index (κ2) is 16.2. The summed E-state index contributed by atoms with van der Waals surface area (Å²) >= 11 is 0. The zero-order chi connectivity index (χ0) is 41.1. The van der Waals surface area contributed by atoms with Gasteiger partial charge in [-0.25, -0.2) is 18.1 Å². The van der Waals surface area contributed by atoms with Crippen LogP contribution in [-0.4, -0.2) is 91.6 Å². The van der Waals surface area contributed by atoms with E-state index in [1.165, 1.54) is 35.2 Å². The summed E-state index contributed by atoms with van der Waals surface area (Å²) in [7, 11) is -2.75. The maximum Gasteiger partial charge on any atom is 0.264 e. The van der Waals surface area contributed by atoms with Gasteiger partial charge >= 0.3 is 0 Å². The van der Waals surface area contributed by atoms with Gasteiger partial charge in [-0.05, 0) is 30.7 Å². The molecule has 15 nitrogen and oxygen atoms in total. The average Bonchev–Trinajstić information content (AvgIpc) is 3.75. The number of pyridine rings is 1. The van der Waals surface area contributed by atoms with Crippen LogP contribution in [0.1, 0.15) is 33.6 Å². The topological polar surface area (TPSA) is 215 Å². The Labute approximate surface area is 331 Å². The van der Waals surface area contributed by atoms with E-state index in [4.69, 9.17) is 24.9 Å². The highest BCUT2D eigenvalue weighted by atomic mass is 32.2. The maximum atomic E-state index is 14.4. The van der Waals surface area contributed by atoms with Crippen molar-refractivity contribution in [3.63, 3.8) is 0 Å². The molecular formula is C41H45N6O9S-. The van der Waals surface area contributed by atoms with Crippen LogP contribution >= 0.6 is 0 Å². The molecule has 2 fully saturated rings. The van der Waals surface area contributed by atoms with Crippen molar-refractivity contribution in [3.05, 3.63) is 97.6 Å².